The Balaban J connectivity index is 1.80. The molecule has 1 aliphatic carbocycles. The molecule has 1 unspecified atom stereocenters. The molecule has 0 aliphatic heterocycles. The summed E-state index contributed by atoms with van der Waals surface area (Å²) in [6, 6.07) is 2.79. The lowest BCUT2D eigenvalue weighted by Crippen LogP contribution is -2.22. The zero-order chi connectivity index (χ0) is 13.9. The van der Waals surface area contributed by atoms with Crippen LogP contribution in [0, 0.1) is 0 Å². The van der Waals surface area contributed by atoms with Crippen LogP contribution >= 0.6 is 11.3 Å². The van der Waals surface area contributed by atoms with Gasteiger partial charge in [0, 0.05) is 35.5 Å². The maximum Gasteiger partial charge on any atom is 0.0846 e. The van der Waals surface area contributed by atoms with Crippen molar-refractivity contribution in [3.63, 3.8) is 0 Å². The van der Waals surface area contributed by atoms with Gasteiger partial charge < -0.3 is 5.32 Å². The first-order valence-corrected chi connectivity index (χ1v) is 8.28. The van der Waals surface area contributed by atoms with Gasteiger partial charge in [0.25, 0.3) is 0 Å². The summed E-state index contributed by atoms with van der Waals surface area (Å²) in [5.41, 5.74) is 2.64. The number of nitrogens with one attached hydrogen (secondary N) is 1. The average molecular weight is 290 g/mol. The third kappa shape index (κ3) is 2.94. The first-order chi connectivity index (χ1) is 9.76. The Hall–Kier alpha value is -1.20. The predicted molar refractivity (Wildman–Crippen MR) is 82.1 cm³/mol. The van der Waals surface area contributed by atoms with Gasteiger partial charge in [-0.3, -0.25) is 4.68 Å². The topological polar surface area (TPSA) is 42.7 Å². The summed E-state index contributed by atoms with van der Waals surface area (Å²) in [5.74, 6) is 0. The van der Waals surface area contributed by atoms with Gasteiger partial charge in [-0.05, 0) is 43.9 Å². The van der Waals surface area contributed by atoms with E-state index in [1.807, 2.05) is 24.6 Å². The quantitative estimate of drug-likeness (QED) is 0.920. The van der Waals surface area contributed by atoms with Crippen molar-refractivity contribution in [1.82, 2.24) is 20.3 Å². The van der Waals surface area contributed by atoms with Crippen molar-refractivity contribution in [3.05, 3.63) is 33.3 Å². The fraction of sp³-hybridized carbons (Fsp3) is 0.600. The van der Waals surface area contributed by atoms with E-state index in [1.54, 1.807) is 15.1 Å². The average Bonchev–Trinajstić information content (AvgIpc) is 3.04. The van der Waals surface area contributed by atoms with E-state index in [0.29, 0.717) is 6.04 Å². The van der Waals surface area contributed by atoms with Gasteiger partial charge in [0.15, 0.2) is 0 Å². The second kappa shape index (κ2) is 6.06. The number of likely N-dealkylation sites (N-methyl/N-ethyl adjacent to an activating group) is 1. The minimum Gasteiger partial charge on any atom is -0.309 e. The van der Waals surface area contributed by atoms with Crippen molar-refractivity contribution in [2.24, 2.45) is 7.05 Å². The van der Waals surface area contributed by atoms with Gasteiger partial charge in [-0.1, -0.05) is 12.1 Å². The molecule has 1 N–H and O–H groups in total. The normalized spacial score (nSPS) is 16.1. The van der Waals surface area contributed by atoms with Crippen LogP contribution in [0.3, 0.4) is 0 Å². The summed E-state index contributed by atoms with van der Waals surface area (Å²) in [4.78, 5) is 3.07. The highest BCUT2D eigenvalue weighted by Crippen LogP contribution is 2.33. The van der Waals surface area contributed by atoms with Crippen LogP contribution in [0.25, 0.3) is 0 Å². The van der Waals surface area contributed by atoms with E-state index in [4.69, 9.17) is 0 Å². The lowest BCUT2D eigenvalue weighted by Gasteiger charge is -2.14. The van der Waals surface area contributed by atoms with Gasteiger partial charge in [-0.15, -0.1) is 16.4 Å². The minimum atomic E-state index is 0.368. The van der Waals surface area contributed by atoms with Crippen LogP contribution in [0.4, 0.5) is 0 Å². The van der Waals surface area contributed by atoms with Crippen LogP contribution in [0.2, 0.25) is 0 Å². The van der Waals surface area contributed by atoms with Gasteiger partial charge in [0.05, 0.1) is 5.69 Å². The molecule has 0 saturated heterocycles. The predicted octanol–water partition coefficient (Wildman–Crippen LogP) is 2.65. The lowest BCUT2D eigenvalue weighted by molar-refractivity contribution is 0.551. The molecule has 1 atom stereocenters. The summed E-state index contributed by atoms with van der Waals surface area (Å²) < 4.78 is 1.78. The van der Waals surface area contributed by atoms with Gasteiger partial charge >= 0.3 is 0 Å². The number of hydrogen-bond acceptors (Lipinski definition) is 4. The smallest absolute Gasteiger partial charge is 0.0846 e. The van der Waals surface area contributed by atoms with Crippen LogP contribution in [-0.2, 0) is 26.3 Å². The maximum atomic E-state index is 4.22. The van der Waals surface area contributed by atoms with Gasteiger partial charge in [0.1, 0.15) is 0 Å². The molecular formula is C15H22N4S. The maximum absolute atomic E-state index is 4.22. The van der Waals surface area contributed by atoms with Crippen LogP contribution in [0.5, 0.6) is 0 Å². The van der Waals surface area contributed by atoms with Crippen LogP contribution in [0.15, 0.2) is 12.3 Å². The molecule has 20 heavy (non-hydrogen) atoms. The van der Waals surface area contributed by atoms with Crippen LogP contribution in [0.1, 0.15) is 46.8 Å². The molecule has 3 rings (SSSR count). The summed E-state index contributed by atoms with van der Waals surface area (Å²) >= 11 is 1.99. The number of thiophene rings is 1. The minimum absolute atomic E-state index is 0.368. The van der Waals surface area contributed by atoms with Crippen molar-refractivity contribution in [3.8, 4) is 0 Å². The third-order valence-corrected chi connectivity index (χ3v) is 5.22. The molecule has 0 radical (unpaired) electrons. The van der Waals surface area contributed by atoms with Crippen molar-refractivity contribution in [1.29, 1.82) is 0 Å². The summed E-state index contributed by atoms with van der Waals surface area (Å²) in [5, 5.41) is 11.9. The Kier molecular flexibility index (Phi) is 4.17. The fourth-order valence-corrected chi connectivity index (χ4v) is 4.24. The van der Waals surface area contributed by atoms with Gasteiger partial charge in [0.2, 0.25) is 0 Å². The summed E-state index contributed by atoms with van der Waals surface area (Å²) in [6.45, 7) is 3.14. The molecule has 0 amide bonds. The molecule has 0 saturated carbocycles. The SMILES string of the molecule is CCNC(Cc1cn(C)nn1)c1cc2c(s1)CCCC2. The molecular weight excluding hydrogens is 268 g/mol. The van der Waals surface area contributed by atoms with Gasteiger partial charge in [-0.25, -0.2) is 0 Å². The van der Waals surface area contributed by atoms with E-state index < -0.39 is 0 Å². The fourth-order valence-electron chi connectivity index (χ4n) is 2.90. The number of aromatic nitrogens is 3. The Morgan fingerprint density at radius 1 is 1.40 bits per heavy atom. The number of fused-ring (bicyclic) bond motifs is 1. The summed E-state index contributed by atoms with van der Waals surface area (Å²) in [6.07, 6.45) is 8.15. The highest BCUT2D eigenvalue weighted by atomic mass is 32.1. The molecule has 0 bridgehead atoms. The zero-order valence-electron chi connectivity index (χ0n) is 12.2. The summed E-state index contributed by atoms with van der Waals surface area (Å²) in [7, 11) is 1.92. The van der Waals surface area contributed by atoms with Crippen molar-refractivity contribution < 1.29 is 0 Å². The largest absolute Gasteiger partial charge is 0.309 e. The molecule has 5 heteroatoms. The number of rotatable bonds is 5. The van der Waals surface area contributed by atoms with E-state index in [-0.39, 0.29) is 0 Å². The molecule has 2 aromatic rings. The van der Waals surface area contributed by atoms with Crippen LogP contribution < -0.4 is 5.32 Å². The van der Waals surface area contributed by atoms with E-state index in [1.165, 1.54) is 30.6 Å². The second-order valence-electron chi connectivity index (χ2n) is 5.50. The molecule has 0 spiro atoms. The Morgan fingerprint density at radius 3 is 2.95 bits per heavy atom. The number of hydrogen-bond donors (Lipinski definition) is 1. The highest BCUT2D eigenvalue weighted by molar-refractivity contribution is 7.12. The zero-order valence-corrected chi connectivity index (χ0v) is 13.0. The van der Waals surface area contributed by atoms with E-state index in [2.05, 4.69) is 28.6 Å². The molecule has 0 fully saturated rings. The number of aryl methyl sites for hydroxylation is 3. The van der Waals surface area contributed by atoms with Crippen molar-refractivity contribution >= 4 is 11.3 Å². The lowest BCUT2D eigenvalue weighted by atomic mass is 9.98. The van der Waals surface area contributed by atoms with Crippen molar-refractivity contribution in [2.45, 2.75) is 45.1 Å². The Morgan fingerprint density at radius 2 is 2.25 bits per heavy atom. The molecule has 0 aromatic carbocycles. The molecule has 108 valence electrons. The van der Waals surface area contributed by atoms with Gasteiger partial charge in [-0.2, -0.15) is 0 Å². The second-order valence-corrected chi connectivity index (χ2v) is 6.67. The first kappa shape index (κ1) is 13.8. The molecule has 1 aliphatic rings. The molecule has 2 heterocycles. The monoisotopic (exact) mass is 290 g/mol. The first-order valence-electron chi connectivity index (χ1n) is 7.46. The van der Waals surface area contributed by atoms with Crippen LogP contribution in [-0.4, -0.2) is 21.5 Å². The molecule has 2 aromatic heterocycles. The Labute approximate surface area is 124 Å². The number of nitrogens with zero attached hydrogens (tertiary/aromatic N) is 3. The Bertz CT molecular complexity index is 549. The standard InChI is InChI=1S/C15H22N4S/c1-3-16-13(9-12-10-19(2)18-17-12)15-8-11-6-4-5-7-14(11)20-15/h8,10,13,16H,3-7,9H2,1-2H3. The highest BCUT2D eigenvalue weighted by Gasteiger charge is 2.19. The van der Waals surface area contributed by atoms with E-state index in [9.17, 15) is 0 Å². The van der Waals surface area contributed by atoms with E-state index >= 15 is 0 Å². The molecule has 4 nitrogen and oxygen atoms in total. The van der Waals surface area contributed by atoms with E-state index in [0.717, 1.165) is 18.7 Å². The third-order valence-electron chi connectivity index (χ3n) is 3.87. The van der Waals surface area contributed by atoms with Crippen molar-refractivity contribution in [2.75, 3.05) is 6.54 Å².